The Bertz CT molecular complexity index is 428. The summed E-state index contributed by atoms with van der Waals surface area (Å²) >= 11 is 0. The summed E-state index contributed by atoms with van der Waals surface area (Å²) in [6.07, 6.45) is 4.17. The van der Waals surface area contributed by atoms with Crippen LogP contribution in [0.1, 0.15) is 0 Å². The van der Waals surface area contributed by atoms with Gasteiger partial charge in [-0.25, -0.2) is 4.79 Å². The van der Waals surface area contributed by atoms with Gasteiger partial charge in [-0.3, -0.25) is 13.9 Å². The summed E-state index contributed by atoms with van der Waals surface area (Å²) < 4.78 is 2.21. The van der Waals surface area contributed by atoms with Crippen molar-refractivity contribution >= 4 is 6.20 Å². The Morgan fingerprint density at radius 1 is 1.54 bits per heavy atom. The zero-order valence-corrected chi connectivity index (χ0v) is 7.17. The van der Waals surface area contributed by atoms with Crippen molar-refractivity contribution < 1.29 is 5.11 Å². The maximum atomic E-state index is 11.3. The molecule has 70 valence electrons. The standard InChI is InChI=1S/C8H10N2O3/c1-9-7(12)3-5-10(8(9)13)4-2-6-11/h2-5,11H,6H2,1H3/b4-2+. The molecule has 0 aliphatic heterocycles. The third-order valence-corrected chi connectivity index (χ3v) is 1.59. The Kier molecular flexibility index (Phi) is 2.81. The lowest BCUT2D eigenvalue weighted by atomic mass is 10.6. The van der Waals surface area contributed by atoms with E-state index >= 15 is 0 Å². The first kappa shape index (κ1) is 9.47. The van der Waals surface area contributed by atoms with Gasteiger partial charge in [-0.2, -0.15) is 0 Å². The van der Waals surface area contributed by atoms with Crippen LogP contribution in [0.15, 0.2) is 27.9 Å². The lowest BCUT2D eigenvalue weighted by Gasteiger charge is -1.99. The molecule has 0 saturated heterocycles. The van der Waals surface area contributed by atoms with Crippen LogP contribution in [0, 0.1) is 0 Å². The van der Waals surface area contributed by atoms with E-state index in [2.05, 4.69) is 0 Å². The van der Waals surface area contributed by atoms with E-state index in [1.165, 1.54) is 36.2 Å². The summed E-state index contributed by atoms with van der Waals surface area (Å²) in [5.74, 6) is 0. The van der Waals surface area contributed by atoms with Crippen molar-refractivity contribution in [2.75, 3.05) is 6.61 Å². The van der Waals surface area contributed by atoms with Crippen LogP contribution in [0.25, 0.3) is 6.20 Å². The van der Waals surface area contributed by atoms with E-state index < -0.39 is 5.69 Å². The fourth-order valence-corrected chi connectivity index (χ4v) is 0.861. The van der Waals surface area contributed by atoms with E-state index in [0.29, 0.717) is 0 Å². The van der Waals surface area contributed by atoms with Crippen molar-refractivity contribution in [2.24, 2.45) is 7.05 Å². The highest BCUT2D eigenvalue weighted by atomic mass is 16.2. The number of aliphatic hydroxyl groups excluding tert-OH is 1. The Morgan fingerprint density at radius 2 is 2.23 bits per heavy atom. The zero-order chi connectivity index (χ0) is 9.84. The molecular formula is C8H10N2O3. The van der Waals surface area contributed by atoms with Crippen LogP contribution in [-0.2, 0) is 7.05 Å². The quantitative estimate of drug-likeness (QED) is 0.638. The highest BCUT2D eigenvalue weighted by Crippen LogP contribution is 1.78. The van der Waals surface area contributed by atoms with Gasteiger partial charge in [0.15, 0.2) is 0 Å². The molecule has 0 spiro atoms. The molecule has 0 amide bonds. The van der Waals surface area contributed by atoms with Crippen LogP contribution in [0.2, 0.25) is 0 Å². The molecule has 5 nitrogen and oxygen atoms in total. The fourth-order valence-electron chi connectivity index (χ4n) is 0.861. The van der Waals surface area contributed by atoms with Gasteiger partial charge in [-0.1, -0.05) is 0 Å². The van der Waals surface area contributed by atoms with Gasteiger partial charge in [0, 0.05) is 25.5 Å². The molecule has 13 heavy (non-hydrogen) atoms. The van der Waals surface area contributed by atoms with Gasteiger partial charge in [-0.05, 0) is 6.08 Å². The van der Waals surface area contributed by atoms with E-state index in [0.717, 1.165) is 4.57 Å². The highest BCUT2D eigenvalue weighted by molar-refractivity contribution is 5.21. The molecule has 0 radical (unpaired) electrons. The van der Waals surface area contributed by atoms with Gasteiger partial charge in [0.2, 0.25) is 0 Å². The van der Waals surface area contributed by atoms with Gasteiger partial charge in [-0.15, -0.1) is 0 Å². The predicted molar refractivity (Wildman–Crippen MR) is 48.4 cm³/mol. The van der Waals surface area contributed by atoms with Crippen LogP contribution in [0.3, 0.4) is 0 Å². The zero-order valence-electron chi connectivity index (χ0n) is 7.17. The number of aromatic nitrogens is 2. The van der Waals surface area contributed by atoms with Crippen molar-refractivity contribution in [3.05, 3.63) is 39.2 Å². The topological polar surface area (TPSA) is 64.2 Å². The first-order chi connectivity index (χ1) is 6.16. The third-order valence-electron chi connectivity index (χ3n) is 1.59. The largest absolute Gasteiger partial charge is 0.392 e. The number of nitrogens with zero attached hydrogens (tertiary/aromatic N) is 2. The lowest BCUT2D eigenvalue weighted by molar-refractivity contribution is 0.343. The summed E-state index contributed by atoms with van der Waals surface area (Å²) in [6, 6.07) is 1.28. The van der Waals surface area contributed by atoms with E-state index in [4.69, 9.17) is 5.11 Å². The molecule has 0 aromatic carbocycles. The average Bonchev–Trinajstić information content (AvgIpc) is 2.13. The Balaban J connectivity index is 3.27. The summed E-state index contributed by atoms with van der Waals surface area (Å²) in [5.41, 5.74) is -0.782. The van der Waals surface area contributed by atoms with E-state index in [9.17, 15) is 9.59 Å². The molecule has 0 unspecified atom stereocenters. The van der Waals surface area contributed by atoms with Crippen molar-refractivity contribution in [1.82, 2.24) is 9.13 Å². The number of aliphatic hydroxyl groups is 1. The molecule has 0 saturated carbocycles. The molecule has 1 rings (SSSR count). The second-order valence-electron chi connectivity index (χ2n) is 2.47. The maximum Gasteiger partial charge on any atom is 0.334 e. The molecule has 0 aliphatic rings. The number of rotatable bonds is 2. The smallest absolute Gasteiger partial charge is 0.334 e. The molecule has 1 aromatic heterocycles. The normalized spacial score (nSPS) is 10.9. The van der Waals surface area contributed by atoms with Gasteiger partial charge >= 0.3 is 5.69 Å². The Morgan fingerprint density at radius 3 is 2.85 bits per heavy atom. The van der Waals surface area contributed by atoms with Crippen LogP contribution in [0.4, 0.5) is 0 Å². The summed E-state index contributed by atoms with van der Waals surface area (Å²) in [5, 5.41) is 8.47. The molecule has 0 aliphatic carbocycles. The first-order valence-corrected chi connectivity index (χ1v) is 3.72. The molecule has 1 aromatic rings. The second kappa shape index (κ2) is 3.86. The fraction of sp³-hybridized carbons (Fsp3) is 0.250. The highest BCUT2D eigenvalue weighted by Gasteiger charge is 1.96. The van der Waals surface area contributed by atoms with Gasteiger partial charge in [0.1, 0.15) is 0 Å². The molecule has 0 atom stereocenters. The van der Waals surface area contributed by atoms with E-state index in [-0.39, 0.29) is 12.2 Å². The minimum absolute atomic E-state index is 0.144. The molecule has 0 bridgehead atoms. The van der Waals surface area contributed by atoms with Crippen LogP contribution in [0.5, 0.6) is 0 Å². The average molecular weight is 182 g/mol. The molecule has 1 N–H and O–H groups in total. The van der Waals surface area contributed by atoms with Gasteiger partial charge in [0.05, 0.1) is 6.61 Å². The summed E-state index contributed by atoms with van der Waals surface area (Å²) in [7, 11) is 1.40. The van der Waals surface area contributed by atoms with Gasteiger partial charge < -0.3 is 5.11 Å². The number of hydrogen-bond donors (Lipinski definition) is 1. The van der Waals surface area contributed by atoms with Crippen molar-refractivity contribution in [2.45, 2.75) is 0 Å². The molecule has 0 fully saturated rings. The van der Waals surface area contributed by atoms with Crippen molar-refractivity contribution in [3.63, 3.8) is 0 Å². The molecule has 1 heterocycles. The maximum absolute atomic E-state index is 11.3. The van der Waals surface area contributed by atoms with Gasteiger partial charge in [0.25, 0.3) is 5.56 Å². The minimum Gasteiger partial charge on any atom is -0.392 e. The number of hydrogen-bond acceptors (Lipinski definition) is 3. The minimum atomic E-state index is -0.433. The van der Waals surface area contributed by atoms with Crippen LogP contribution in [-0.4, -0.2) is 20.8 Å². The van der Waals surface area contributed by atoms with Crippen LogP contribution >= 0.6 is 0 Å². The Labute approximate surface area is 74.2 Å². The predicted octanol–water partition coefficient (Wildman–Crippen LogP) is -0.990. The van der Waals surface area contributed by atoms with E-state index in [1.807, 2.05) is 0 Å². The van der Waals surface area contributed by atoms with E-state index in [1.54, 1.807) is 0 Å². The first-order valence-electron chi connectivity index (χ1n) is 3.72. The second-order valence-corrected chi connectivity index (χ2v) is 2.47. The van der Waals surface area contributed by atoms with Crippen LogP contribution < -0.4 is 11.2 Å². The summed E-state index contributed by atoms with van der Waals surface area (Å²) in [4.78, 5) is 22.2. The monoisotopic (exact) mass is 182 g/mol. The Hall–Kier alpha value is -1.62. The third kappa shape index (κ3) is 1.94. The molecular weight excluding hydrogens is 172 g/mol. The lowest BCUT2D eigenvalue weighted by Crippen LogP contribution is -2.35. The SMILES string of the molecule is Cn1c(=O)ccn(/C=C/CO)c1=O. The summed E-state index contributed by atoms with van der Waals surface area (Å²) in [6.45, 7) is -0.144. The van der Waals surface area contributed by atoms with Crippen molar-refractivity contribution in [3.8, 4) is 0 Å². The molecule has 5 heteroatoms. The van der Waals surface area contributed by atoms with Crippen molar-refractivity contribution in [1.29, 1.82) is 0 Å².